The molecular formula is C13H22N2O. The van der Waals surface area contributed by atoms with E-state index in [-0.39, 0.29) is 0 Å². The molecule has 16 heavy (non-hydrogen) atoms. The molecule has 1 N–H and O–H groups in total. The predicted molar refractivity (Wildman–Crippen MR) is 63.8 cm³/mol. The molecule has 3 aliphatic rings. The molecule has 1 aliphatic carbocycles. The molecule has 3 rings (SSSR count). The van der Waals surface area contributed by atoms with E-state index in [0.717, 1.165) is 18.9 Å². The van der Waals surface area contributed by atoms with E-state index in [1.54, 1.807) is 0 Å². The number of fused-ring (bicyclic) bond motifs is 2. The van der Waals surface area contributed by atoms with Gasteiger partial charge >= 0.3 is 0 Å². The minimum Gasteiger partial charge on any atom is -0.371 e. The zero-order valence-electron chi connectivity index (χ0n) is 9.95. The van der Waals surface area contributed by atoms with Crippen molar-refractivity contribution in [2.24, 2.45) is 5.92 Å². The lowest BCUT2D eigenvalue weighted by Crippen LogP contribution is -2.48. The van der Waals surface area contributed by atoms with Crippen LogP contribution >= 0.6 is 0 Å². The van der Waals surface area contributed by atoms with Crippen molar-refractivity contribution in [3.8, 4) is 0 Å². The van der Waals surface area contributed by atoms with E-state index in [1.165, 1.54) is 44.9 Å². The molecule has 2 heterocycles. The van der Waals surface area contributed by atoms with E-state index in [4.69, 9.17) is 10.1 Å². The minimum absolute atomic E-state index is 0.419. The molecule has 2 atom stereocenters. The summed E-state index contributed by atoms with van der Waals surface area (Å²) in [6, 6.07) is 0. The first-order chi connectivity index (χ1) is 7.83. The average Bonchev–Trinajstić information content (AvgIpc) is 2.68. The minimum atomic E-state index is 0.419. The number of hydrogen-bond donors (Lipinski definition) is 1. The molecule has 2 bridgehead atoms. The van der Waals surface area contributed by atoms with Gasteiger partial charge in [-0.05, 0) is 25.7 Å². The van der Waals surface area contributed by atoms with Gasteiger partial charge in [-0.25, -0.2) is 0 Å². The first-order valence-electron chi connectivity index (χ1n) is 6.82. The highest BCUT2D eigenvalue weighted by molar-refractivity contribution is 5.82. The Morgan fingerprint density at radius 1 is 0.938 bits per heavy atom. The zero-order valence-corrected chi connectivity index (χ0v) is 9.95. The van der Waals surface area contributed by atoms with Crippen LogP contribution in [0.25, 0.3) is 0 Å². The van der Waals surface area contributed by atoms with Gasteiger partial charge < -0.3 is 9.64 Å². The summed E-state index contributed by atoms with van der Waals surface area (Å²) in [7, 11) is 0. The third-order valence-corrected chi connectivity index (χ3v) is 4.38. The number of rotatable bonds is 1. The summed E-state index contributed by atoms with van der Waals surface area (Å²) >= 11 is 0. The smallest absolute Gasteiger partial charge is 0.0991 e. The van der Waals surface area contributed by atoms with Gasteiger partial charge in [0, 0.05) is 19.0 Å². The van der Waals surface area contributed by atoms with Crippen LogP contribution in [0.15, 0.2) is 0 Å². The van der Waals surface area contributed by atoms with Gasteiger partial charge in [0.2, 0.25) is 0 Å². The van der Waals surface area contributed by atoms with Crippen LogP contribution in [0.3, 0.4) is 0 Å². The number of nitrogens with one attached hydrogen (secondary N) is 1. The van der Waals surface area contributed by atoms with Crippen molar-refractivity contribution < 1.29 is 4.74 Å². The largest absolute Gasteiger partial charge is 0.371 e. The van der Waals surface area contributed by atoms with Crippen LogP contribution in [0, 0.1) is 11.3 Å². The van der Waals surface area contributed by atoms with Crippen LogP contribution in [-0.2, 0) is 4.74 Å². The number of likely N-dealkylation sites (tertiary alicyclic amines) is 1. The molecule has 2 aliphatic heterocycles. The average molecular weight is 222 g/mol. The first kappa shape index (κ1) is 10.6. The molecule has 2 unspecified atom stereocenters. The third kappa shape index (κ3) is 1.97. The van der Waals surface area contributed by atoms with E-state index in [1.807, 2.05) is 0 Å². The highest BCUT2D eigenvalue weighted by atomic mass is 16.5. The Kier molecular flexibility index (Phi) is 2.88. The van der Waals surface area contributed by atoms with Crippen molar-refractivity contribution in [2.45, 2.75) is 57.2 Å². The van der Waals surface area contributed by atoms with Crippen LogP contribution in [0.5, 0.6) is 0 Å². The van der Waals surface area contributed by atoms with Crippen LogP contribution < -0.4 is 0 Å². The van der Waals surface area contributed by atoms with Crippen LogP contribution in [0.2, 0.25) is 0 Å². The fraction of sp³-hybridized carbons (Fsp3) is 0.923. The van der Waals surface area contributed by atoms with Gasteiger partial charge in [0.05, 0.1) is 18.0 Å². The molecule has 0 aromatic carbocycles. The van der Waals surface area contributed by atoms with E-state index < -0.39 is 0 Å². The van der Waals surface area contributed by atoms with Crippen molar-refractivity contribution in [3.63, 3.8) is 0 Å². The second-order valence-electron chi connectivity index (χ2n) is 5.58. The molecule has 2 saturated heterocycles. The summed E-state index contributed by atoms with van der Waals surface area (Å²) in [5, 5.41) is 8.36. The third-order valence-electron chi connectivity index (χ3n) is 4.38. The zero-order chi connectivity index (χ0) is 11.0. The van der Waals surface area contributed by atoms with Crippen molar-refractivity contribution in [3.05, 3.63) is 0 Å². The molecule has 0 aromatic rings. The number of morpholine rings is 1. The summed E-state index contributed by atoms with van der Waals surface area (Å²) in [5.41, 5.74) is 0. The van der Waals surface area contributed by atoms with Crippen LogP contribution in [0.1, 0.15) is 44.9 Å². The molecule has 3 heteroatoms. The van der Waals surface area contributed by atoms with Gasteiger partial charge in [-0.2, -0.15) is 0 Å². The lowest BCUT2D eigenvalue weighted by molar-refractivity contribution is -0.0177. The first-order valence-corrected chi connectivity index (χ1v) is 6.82. The van der Waals surface area contributed by atoms with E-state index in [0.29, 0.717) is 18.1 Å². The Labute approximate surface area is 97.7 Å². The maximum Gasteiger partial charge on any atom is 0.0991 e. The molecular weight excluding hydrogens is 200 g/mol. The Balaban J connectivity index is 1.61. The van der Waals surface area contributed by atoms with Crippen molar-refractivity contribution in [1.82, 2.24) is 4.90 Å². The monoisotopic (exact) mass is 222 g/mol. The molecule has 0 spiro atoms. The van der Waals surface area contributed by atoms with Crippen LogP contribution in [0.4, 0.5) is 0 Å². The van der Waals surface area contributed by atoms with Gasteiger partial charge in [-0.1, -0.05) is 19.3 Å². The number of amidine groups is 1. The van der Waals surface area contributed by atoms with E-state index in [9.17, 15) is 0 Å². The molecule has 1 saturated carbocycles. The highest BCUT2D eigenvalue weighted by Crippen LogP contribution is 2.30. The Morgan fingerprint density at radius 3 is 2.19 bits per heavy atom. The van der Waals surface area contributed by atoms with E-state index >= 15 is 0 Å². The number of nitrogens with zero attached hydrogens (tertiary/aromatic N) is 1. The Hall–Kier alpha value is -0.570. The summed E-state index contributed by atoms with van der Waals surface area (Å²) in [6.07, 6.45) is 9.76. The normalized spacial score (nSPS) is 35.4. The molecule has 0 radical (unpaired) electrons. The standard InChI is InChI=1S/C13H22N2O/c14-13(10-4-2-1-3-5-10)15-8-11-6-7-12(9-15)16-11/h10-12,14H,1-9H2. The van der Waals surface area contributed by atoms with Crippen LogP contribution in [-0.4, -0.2) is 36.0 Å². The SMILES string of the molecule is N=C(C1CCCCC1)N1CC2CCC(C1)O2. The predicted octanol–water partition coefficient (Wildman–Crippen LogP) is 2.41. The highest BCUT2D eigenvalue weighted by Gasteiger charge is 2.36. The van der Waals surface area contributed by atoms with Gasteiger partial charge in [-0.3, -0.25) is 5.41 Å². The van der Waals surface area contributed by atoms with Gasteiger partial charge in [0.1, 0.15) is 0 Å². The molecule has 0 aromatic heterocycles. The quantitative estimate of drug-likeness (QED) is 0.546. The summed E-state index contributed by atoms with van der Waals surface area (Å²) < 4.78 is 5.83. The van der Waals surface area contributed by atoms with Crippen molar-refractivity contribution in [2.75, 3.05) is 13.1 Å². The fourth-order valence-corrected chi connectivity index (χ4v) is 3.45. The van der Waals surface area contributed by atoms with E-state index in [2.05, 4.69) is 4.90 Å². The maximum absolute atomic E-state index is 8.36. The van der Waals surface area contributed by atoms with Crippen molar-refractivity contribution >= 4 is 5.84 Å². The summed E-state index contributed by atoms with van der Waals surface area (Å²) in [6.45, 7) is 1.96. The molecule has 3 nitrogen and oxygen atoms in total. The molecule has 90 valence electrons. The topological polar surface area (TPSA) is 36.3 Å². The maximum atomic E-state index is 8.36. The summed E-state index contributed by atoms with van der Waals surface area (Å²) in [5.74, 6) is 1.46. The van der Waals surface area contributed by atoms with Gasteiger partial charge in [0.15, 0.2) is 0 Å². The lowest BCUT2D eigenvalue weighted by Gasteiger charge is -2.37. The fourth-order valence-electron chi connectivity index (χ4n) is 3.45. The molecule has 3 fully saturated rings. The second-order valence-corrected chi connectivity index (χ2v) is 5.58. The Morgan fingerprint density at radius 2 is 1.56 bits per heavy atom. The van der Waals surface area contributed by atoms with Gasteiger partial charge in [-0.15, -0.1) is 0 Å². The second kappa shape index (κ2) is 4.36. The number of hydrogen-bond acceptors (Lipinski definition) is 2. The van der Waals surface area contributed by atoms with Gasteiger partial charge in [0.25, 0.3) is 0 Å². The Bertz CT molecular complexity index is 261. The van der Waals surface area contributed by atoms with Crippen molar-refractivity contribution in [1.29, 1.82) is 5.41 Å². The molecule has 0 amide bonds. The lowest BCUT2D eigenvalue weighted by atomic mass is 9.88. The number of ether oxygens (including phenoxy) is 1. The summed E-state index contributed by atoms with van der Waals surface area (Å²) in [4.78, 5) is 2.31.